The molecule has 3 aromatic carbocycles. The summed E-state index contributed by atoms with van der Waals surface area (Å²) in [5, 5.41) is 0.297. The molecule has 4 aromatic rings. The lowest BCUT2D eigenvalue weighted by Crippen LogP contribution is -2.46. The van der Waals surface area contributed by atoms with Gasteiger partial charge in [-0.05, 0) is 29.3 Å². The van der Waals surface area contributed by atoms with Crippen LogP contribution in [0, 0.1) is 0 Å². The summed E-state index contributed by atoms with van der Waals surface area (Å²) in [5.41, 5.74) is 1.71. The van der Waals surface area contributed by atoms with E-state index in [1.807, 2.05) is 48.5 Å². The summed E-state index contributed by atoms with van der Waals surface area (Å²) in [7, 11) is 0. The minimum atomic E-state index is -0.420. The maximum absolute atomic E-state index is 12.6. The second-order valence-electron chi connectivity index (χ2n) is 6.76. The molecule has 0 aliphatic carbocycles. The van der Waals surface area contributed by atoms with Crippen molar-refractivity contribution in [3.8, 4) is 0 Å². The smallest absolute Gasteiger partial charge is 0.272 e. The number of aromatic nitrogens is 2. The van der Waals surface area contributed by atoms with E-state index in [1.165, 1.54) is 0 Å². The number of hydrogen-bond donors (Lipinski definition) is 2. The van der Waals surface area contributed by atoms with Gasteiger partial charge in [-0.3, -0.25) is 14.4 Å². The minimum Gasteiger partial charge on any atom is -0.316 e. The minimum absolute atomic E-state index is 0.110. The van der Waals surface area contributed by atoms with Gasteiger partial charge in [-0.15, -0.1) is 0 Å². The Morgan fingerprint density at radius 3 is 1.73 bits per heavy atom. The zero-order valence-corrected chi connectivity index (χ0v) is 16.0. The molecule has 4 rings (SSSR count). The third-order valence-electron chi connectivity index (χ3n) is 4.59. The van der Waals surface area contributed by atoms with E-state index in [1.54, 1.807) is 48.6 Å². The second-order valence-corrected chi connectivity index (χ2v) is 6.76. The largest absolute Gasteiger partial charge is 0.316 e. The van der Waals surface area contributed by atoms with Gasteiger partial charge in [0.25, 0.3) is 11.1 Å². The second kappa shape index (κ2) is 8.41. The van der Waals surface area contributed by atoms with Gasteiger partial charge in [0.2, 0.25) is 0 Å². The Labute approximate surface area is 171 Å². The van der Waals surface area contributed by atoms with E-state index in [0.29, 0.717) is 16.7 Å². The van der Waals surface area contributed by atoms with Crippen molar-refractivity contribution in [2.45, 2.75) is 0 Å². The molecule has 30 heavy (non-hydrogen) atoms. The Kier molecular flexibility index (Phi) is 5.35. The molecule has 0 aliphatic rings. The van der Waals surface area contributed by atoms with Crippen LogP contribution < -0.4 is 21.8 Å². The average Bonchev–Trinajstić information content (AvgIpc) is 2.78. The molecule has 0 amide bonds. The van der Waals surface area contributed by atoms with Crippen molar-refractivity contribution in [3.05, 3.63) is 139 Å². The van der Waals surface area contributed by atoms with Gasteiger partial charge in [-0.25, -0.2) is 0 Å². The first-order chi connectivity index (χ1) is 14.6. The maximum atomic E-state index is 12.6. The molecule has 2 N–H and O–H groups in total. The molecule has 5 heteroatoms. The number of ketones is 1. The van der Waals surface area contributed by atoms with Crippen molar-refractivity contribution in [2.75, 3.05) is 0 Å². The predicted octanol–water partition coefficient (Wildman–Crippen LogP) is 1.95. The molecule has 1 aromatic heterocycles. The topological polar surface area (TPSA) is 82.8 Å². The zero-order chi connectivity index (χ0) is 20.9. The van der Waals surface area contributed by atoms with Crippen LogP contribution in [0.25, 0.3) is 12.2 Å². The van der Waals surface area contributed by atoms with E-state index in [-0.39, 0.29) is 16.5 Å². The average molecular weight is 394 g/mol. The van der Waals surface area contributed by atoms with Crippen molar-refractivity contribution < 1.29 is 4.79 Å². The van der Waals surface area contributed by atoms with E-state index in [2.05, 4.69) is 9.97 Å². The maximum Gasteiger partial charge on any atom is 0.272 e. The van der Waals surface area contributed by atoms with Crippen molar-refractivity contribution >= 4 is 17.9 Å². The fraction of sp³-hybridized carbons (Fsp3) is 0. The lowest BCUT2D eigenvalue weighted by Gasteiger charge is -2.02. The van der Waals surface area contributed by atoms with Crippen molar-refractivity contribution in [2.24, 2.45) is 0 Å². The number of hydrogen-bond acceptors (Lipinski definition) is 3. The van der Waals surface area contributed by atoms with Gasteiger partial charge in [0, 0.05) is 11.1 Å². The highest BCUT2D eigenvalue weighted by Crippen LogP contribution is 2.12. The number of rotatable bonds is 4. The molecular weight excluding hydrogens is 376 g/mol. The number of aromatic amines is 2. The van der Waals surface area contributed by atoms with Crippen molar-refractivity contribution in [3.63, 3.8) is 0 Å². The first-order valence-corrected chi connectivity index (χ1v) is 9.41. The highest BCUT2D eigenvalue weighted by Gasteiger charge is 2.08. The van der Waals surface area contributed by atoms with Gasteiger partial charge in [0.1, 0.15) is 10.7 Å². The van der Waals surface area contributed by atoms with Crippen LogP contribution in [0.5, 0.6) is 0 Å². The van der Waals surface area contributed by atoms with Crippen LogP contribution in [-0.4, -0.2) is 15.8 Å². The van der Waals surface area contributed by atoms with Crippen LogP contribution in [0.3, 0.4) is 0 Å². The first kappa shape index (κ1) is 19.1. The third-order valence-corrected chi connectivity index (χ3v) is 4.59. The number of carbonyl (C=O) groups is 1. The van der Waals surface area contributed by atoms with Crippen molar-refractivity contribution in [1.29, 1.82) is 0 Å². The summed E-state index contributed by atoms with van der Waals surface area (Å²) in [6, 6.07) is 25.1. The number of carbonyl (C=O) groups excluding carboxylic acids is 1. The molecule has 0 atom stereocenters. The summed E-state index contributed by atoms with van der Waals surface area (Å²) in [6.07, 6.45) is 3.16. The van der Waals surface area contributed by atoms with Gasteiger partial charge < -0.3 is 9.97 Å². The molecule has 0 saturated carbocycles. The number of H-pyrrole nitrogens is 2. The Hall–Kier alpha value is -4.25. The summed E-state index contributed by atoms with van der Waals surface area (Å²) < 4.78 is 0. The molecule has 0 radical (unpaired) electrons. The Morgan fingerprint density at radius 2 is 1.10 bits per heavy atom. The Balaban J connectivity index is 1.73. The monoisotopic (exact) mass is 394 g/mol. The molecule has 1 heterocycles. The lowest BCUT2D eigenvalue weighted by atomic mass is 10.0. The van der Waals surface area contributed by atoms with Crippen LogP contribution in [0.15, 0.2) is 94.5 Å². The molecule has 0 spiro atoms. The van der Waals surface area contributed by atoms with Crippen LogP contribution >= 0.6 is 0 Å². The summed E-state index contributed by atoms with van der Waals surface area (Å²) in [6.45, 7) is 0. The van der Waals surface area contributed by atoms with E-state index >= 15 is 0 Å². The molecule has 0 fully saturated rings. The van der Waals surface area contributed by atoms with Crippen LogP contribution in [0.4, 0.5) is 0 Å². The van der Waals surface area contributed by atoms with Crippen molar-refractivity contribution in [1.82, 2.24) is 9.97 Å². The van der Waals surface area contributed by atoms with E-state index in [0.717, 1.165) is 5.56 Å². The normalized spacial score (nSPS) is 12.1. The first-order valence-electron chi connectivity index (χ1n) is 9.41. The standard InChI is InChI=1S/C25H18N2O3/c28-23(19-11-5-2-6-12-19)20-13-7-10-18(14-20)16-22-25(30)26-21(24(29)27-22)15-17-8-3-1-4-9-17/h1-16H,(H,26,30)(H,27,29)/b21-15-,22-16-. The quantitative estimate of drug-likeness (QED) is 0.519. The molecule has 0 bridgehead atoms. The number of nitrogens with one attached hydrogen (secondary N) is 2. The van der Waals surface area contributed by atoms with Gasteiger partial charge >= 0.3 is 0 Å². The van der Waals surface area contributed by atoms with E-state index < -0.39 is 11.1 Å². The zero-order valence-electron chi connectivity index (χ0n) is 16.0. The number of benzene rings is 3. The van der Waals surface area contributed by atoms with Gasteiger partial charge in [0.05, 0.1) is 0 Å². The molecule has 0 unspecified atom stereocenters. The fourth-order valence-electron chi connectivity index (χ4n) is 3.10. The van der Waals surface area contributed by atoms with Crippen LogP contribution in [0.1, 0.15) is 27.0 Å². The fourth-order valence-corrected chi connectivity index (χ4v) is 3.10. The van der Waals surface area contributed by atoms with Gasteiger partial charge in [0.15, 0.2) is 5.78 Å². The molecule has 0 saturated heterocycles. The molecule has 146 valence electrons. The summed E-state index contributed by atoms with van der Waals surface area (Å²) >= 11 is 0. The van der Waals surface area contributed by atoms with E-state index in [9.17, 15) is 14.4 Å². The third kappa shape index (κ3) is 4.25. The molecular formula is C25H18N2O3. The molecule has 0 aliphatic heterocycles. The summed E-state index contributed by atoms with van der Waals surface area (Å²) in [4.78, 5) is 42.8. The van der Waals surface area contributed by atoms with Gasteiger partial charge in [-0.2, -0.15) is 0 Å². The Bertz CT molecular complexity index is 1430. The highest BCUT2D eigenvalue weighted by molar-refractivity contribution is 6.09. The van der Waals surface area contributed by atoms with Crippen LogP contribution in [0.2, 0.25) is 0 Å². The Morgan fingerprint density at radius 1 is 0.600 bits per heavy atom. The summed E-state index contributed by atoms with van der Waals surface area (Å²) in [5.74, 6) is -0.110. The van der Waals surface area contributed by atoms with E-state index in [4.69, 9.17) is 0 Å². The van der Waals surface area contributed by atoms with Gasteiger partial charge in [-0.1, -0.05) is 78.9 Å². The SMILES string of the molecule is O=C(c1ccccc1)c1cccc(/C=c2\[nH]c(=O)/c(=C/c3ccccc3)[nH]c2=O)c1. The van der Waals surface area contributed by atoms with Crippen LogP contribution in [-0.2, 0) is 0 Å². The molecule has 5 nitrogen and oxygen atoms in total. The lowest BCUT2D eigenvalue weighted by molar-refractivity contribution is 0.103. The highest BCUT2D eigenvalue weighted by atomic mass is 16.1. The predicted molar refractivity (Wildman–Crippen MR) is 117 cm³/mol.